The van der Waals surface area contributed by atoms with E-state index >= 15 is 0 Å². The Bertz CT molecular complexity index is 631. The zero-order chi connectivity index (χ0) is 16.9. The Morgan fingerprint density at radius 2 is 1.88 bits per heavy atom. The number of hydrogen-bond acceptors (Lipinski definition) is 6. The average Bonchev–Trinajstić information content (AvgIpc) is 3.03. The number of aryl methyl sites for hydroxylation is 1. The quantitative estimate of drug-likeness (QED) is 0.879. The molecule has 0 bridgehead atoms. The molecule has 0 spiro atoms. The zero-order valence-corrected chi connectivity index (χ0v) is 14.8. The van der Waals surface area contributed by atoms with Crippen LogP contribution in [0.1, 0.15) is 18.9 Å². The van der Waals surface area contributed by atoms with Gasteiger partial charge in [-0.05, 0) is 27.3 Å². The minimum Gasteiger partial charge on any atom is -0.335 e. The van der Waals surface area contributed by atoms with Crippen LogP contribution < -0.4 is 5.32 Å². The number of nitrogens with one attached hydrogen (secondary N) is 1. The second-order valence-electron chi connectivity index (χ2n) is 6.77. The fourth-order valence-corrected chi connectivity index (χ4v) is 2.83. The van der Waals surface area contributed by atoms with E-state index in [0.29, 0.717) is 17.9 Å². The van der Waals surface area contributed by atoms with Gasteiger partial charge in [-0.1, -0.05) is 35.0 Å². The van der Waals surface area contributed by atoms with Crippen molar-refractivity contribution >= 4 is 6.01 Å². The molecule has 3 rings (SSSR count). The number of aromatic nitrogens is 2. The van der Waals surface area contributed by atoms with Gasteiger partial charge in [0.05, 0.1) is 0 Å². The maximum atomic E-state index is 5.33. The van der Waals surface area contributed by atoms with Crippen molar-refractivity contribution in [3.63, 3.8) is 0 Å². The third-order valence-corrected chi connectivity index (χ3v) is 4.58. The van der Waals surface area contributed by atoms with E-state index in [1.165, 1.54) is 5.56 Å². The van der Waals surface area contributed by atoms with Crippen molar-refractivity contribution in [1.82, 2.24) is 19.9 Å². The van der Waals surface area contributed by atoms with Gasteiger partial charge in [-0.25, -0.2) is 0 Å². The summed E-state index contributed by atoms with van der Waals surface area (Å²) in [7, 11) is 2.18. The number of anilines is 1. The Morgan fingerprint density at radius 1 is 1.17 bits per heavy atom. The van der Waals surface area contributed by atoms with Crippen molar-refractivity contribution in [2.45, 2.75) is 26.3 Å². The van der Waals surface area contributed by atoms with E-state index in [9.17, 15) is 0 Å². The first-order valence-electron chi connectivity index (χ1n) is 8.68. The molecule has 130 valence electrons. The highest BCUT2D eigenvalue weighted by Gasteiger charge is 2.15. The summed E-state index contributed by atoms with van der Waals surface area (Å²) < 4.78 is 5.33. The molecule has 1 atom stereocenters. The largest absolute Gasteiger partial charge is 0.335 e. The van der Waals surface area contributed by atoms with E-state index in [2.05, 4.69) is 58.3 Å². The lowest BCUT2D eigenvalue weighted by molar-refractivity contribution is 0.151. The first-order valence-corrected chi connectivity index (χ1v) is 8.68. The number of benzene rings is 1. The number of hydrogen-bond donors (Lipinski definition) is 1. The molecule has 2 aromatic rings. The van der Waals surface area contributed by atoms with Gasteiger partial charge in [0.25, 0.3) is 0 Å². The molecular formula is C18H27N5O. The van der Waals surface area contributed by atoms with E-state index < -0.39 is 0 Å². The SMILES string of the molecule is Cc1ccc(-c2noc(NC(C)CCN3CCN(C)CC3)n2)cc1. The molecule has 0 radical (unpaired) electrons. The van der Waals surface area contributed by atoms with E-state index in [-0.39, 0.29) is 0 Å². The minimum atomic E-state index is 0.302. The van der Waals surface area contributed by atoms with Crippen LogP contribution in [0.5, 0.6) is 0 Å². The highest BCUT2D eigenvalue weighted by molar-refractivity contribution is 5.55. The summed E-state index contributed by atoms with van der Waals surface area (Å²) in [6.07, 6.45) is 1.06. The van der Waals surface area contributed by atoms with Crippen LogP contribution in [0, 0.1) is 6.92 Å². The smallest absolute Gasteiger partial charge is 0.322 e. The molecule has 1 aliphatic rings. The molecule has 1 unspecified atom stereocenters. The van der Waals surface area contributed by atoms with Crippen molar-refractivity contribution in [3.05, 3.63) is 29.8 Å². The molecule has 2 heterocycles. The highest BCUT2D eigenvalue weighted by atomic mass is 16.5. The van der Waals surface area contributed by atoms with Crippen LogP contribution in [-0.2, 0) is 0 Å². The maximum absolute atomic E-state index is 5.33. The lowest BCUT2D eigenvalue weighted by atomic mass is 10.1. The van der Waals surface area contributed by atoms with Gasteiger partial charge in [-0.3, -0.25) is 0 Å². The van der Waals surface area contributed by atoms with Gasteiger partial charge in [0.15, 0.2) is 0 Å². The van der Waals surface area contributed by atoms with Crippen molar-refractivity contribution in [2.75, 3.05) is 45.1 Å². The van der Waals surface area contributed by atoms with Crippen LogP contribution >= 0.6 is 0 Å². The third kappa shape index (κ3) is 4.55. The van der Waals surface area contributed by atoms with Gasteiger partial charge in [-0.2, -0.15) is 4.98 Å². The fraction of sp³-hybridized carbons (Fsp3) is 0.556. The van der Waals surface area contributed by atoms with Gasteiger partial charge >= 0.3 is 6.01 Å². The van der Waals surface area contributed by atoms with E-state index in [1.807, 2.05) is 12.1 Å². The predicted molar refractivity (Wildman–Crippen MR) is 96.1 cm³/mol. The summed E-state index contributed by atoms with van der Waals surface area (Å²) in [5.41, 5.74) is 2.20. The van der Waals surface area contributed by atoms with Gasteiger partial charge in [-0.15, -0.1) is 0 Å². The van der Waals surface area contributed by atoms with Crippen molar-refractivity contribution in [1.29, 1.82) is 0 Å². The van der Waals surface area contributed by atoms with Crippen molar-refractivity contribution in [3.8, 4) is 11.4 Å². The van der Waals surface area contributed by atoms with Crippen LogP contribution in [0.25, 0.3) is 11.4 Å². The molecule has 6 nitrogen and oxygen atoms in total. The maximum Gasteiger partial charge on any atom is 0.322 e. The Balaban J connectivity index is 1.48. The average molecular weight is 329 g/mol. The monoisotopic (exact) mass is 329 g/mol. The molecule has 24 heavy (non-hydrogen) atoms. The first kappa shape index (κ1) is 16.9. The minimum absolute atomic E-state index is 0.302. The van der Waals surface area contributed by atoms with Crippen LogP contribution in [0.4, 0.5) is 6.01 Å². The topological polar surface area (TPSA) is 57.4 Å². The van der Waals surface area contributed by atoms with Crippen LogP contribution in [0.2, 0.25) is 0 Å². The molecule has 6 heteroatoms. The number of rotatable bonds is 6. The highest BCUT2D eigenvalue weighted by Crippen LogP contribution is 2.18. The predicted octanol–water partition coefficient (Wildman–Crippen LogP) is 2.48. The van der Waals surface area contributed by atoms with Gasteiger partial charge < -0.3 is 19.6 Å². The fourth-order valence-electron chi connectivity index (χ4n) is 2.83. The summed E-state index contributed by atoms with van der Waals surface area (Å²) in [6.45, 7) is 9.95. The molecule has 0 amide bonds. The van der Waals surface area contributed by atoms with Gasteiger partial charge in [0.1, 0.15) is 0 Å². The Morgan fingerprint density at radius 3 is 2.58 bits per heavy atom. The summed E-state index contributed by atoms with van der Waals surface area (Å²) in [4.78, 5) is 9.34. The van der Waals surface area contributed by atoms with E-state index in [4.69, 9.17) is 4.52 Å². The molecule has 1 aromatic carbocycles. The van der Waals surface area contributed by atoms with Gasteiger partial charge in [0.2, 0.25) is 5.82 Å². The Hall–Kier alpha value is -1.92. The van der Waals surface area contributed by atoms with Crippen LogP contribution in [-0.4, -0.2) is 65.8 Å². The van der Waals surface area contributed by atoms with Gasteiger partial charge in [0, 0.05) is 44.3 Å². The molecule has 1 N–H and O–H groups in total. The summed E-state index contributed by atoms with van der Waals surface area (Å²) in [6, 6.07) is 8.93. The molecule has 1 saturated heterocycles. The summed E-state index contributed by atoms with van der Waals surface area (Å²) in [5.74, 6) is 0.628. The molecular weight excluding hydrogens is 302 g/mol. The molecule has 1 aliphatic heterocycles. The second kappa shape index (κ2) is 7.77. The second-order valence-corrected chi connectivity index (χ2v) is 6.77. The summed E-state index contributed by atoms with van der Waals surface area (Å²) in [5, 5.41) is 7.38. The van der Waals surface area contributed by atoms with E-state index in [1.54, 1.807) is 0 Å². The van der Waals surface area contributed by atoms with E-state index in [0.717, 1.165) is 44.7 Å². The lowest BCUT2D eigenvalue weighted by Crippen LogP contribution is -2.45. The first-order chi connectivity index (χ1) is 11.6. The third-order valence-electron chi connectivity index (χ3n) is 4.58. The normalized spacial score (nSPS) is 17.8. The molecule has 0 saturated carbocycles. The Labute approximate surface area is 143 Å². The molecule has 0 aliphatic carbocycles. The van der Waals surface area contributed by atoms with Crippen molar-refractivity contribution in [2.24, 2.45) is 0 Å². The number of nitrogens with zero attached hydrogens (tertiary/aromatic N) is 4. The zero-order valence-electron chi connectivity index (χ0n) is 14.8. The lowest BCUT2D eigenvalue weighted by Gasteiger charge is -2.32. The Kier molecular flexibility index (Phi) is 5.48. The summed E-state index contributed by atoms with van der Waals surface area (Å²) >= 11 is 0. The van der Waals surface area contributed by atoms with Crippen molar-refractivity contribution < 1.29 is 4.52 Å². The van der Waals surface area contributed by atoms with Crippen LogP contribution in [0.15, 0.2) is 28.8 Å². The molecule has 1 fully saturated rings. The number of likely N-dealkylation sites (N-methyl/N-ethyl adjacent to an activating group) is 1. The number of piperazine rings is 1. The molecule has 1 aromatic heterocycles. The standard InChI is InChI=1S/C18H27N5O/c1-14-4-6-16(7-5-14)17-20-18(24-21-17)19-15(2)8-9-23-12-10-22(3)11-13-23/h4-7,15H,8-13H2,1-3H3,(H,19,20,21). The van der Waals surface area contributed by atoms with Crippen LogP contribution in [0.3, 0.4) is 0 Å².